The lowest BCUT2D eigenvalue weighted by Gasteiger charge is -2.30. The molecular formula is C35H37N3. The van der Waals surface area contributed by atoms with Crippen LogP contribution >= 0.6 is 0 Å². The molecule has 5 rings (SSSR count). The van der Waals surface area contributed by atoms with Gasteiger partial charge >= 0.3 is 0 Å². The van der Waals surface area contributed by atoms with E-state index in [9.17, 15) is 0 Å². The molecule has 192 valence electrons. The van der Waals surface area contributed by atoms with Crippen LogP contribution in [0.3, 0.4) is 0 Å². The van der Waals surface area contributed by atoms with Gasteiger partial charge < -0.3 is 10.1 Å². The maximum absolute atomic E-state index is 5.94. The highest BCUT2D eigenvalue weighted by Gasteiger charge is 2.28. The minimum Gasteiger partial charge on any atom is -0.405 e. The van der Waals surface area contributed by atoms with E-state index in [0.717, 1.165) is 58.2 Å². The quantitative estimate of drug-likeness (QED) is 0.231. The zero-order chi connectivity index (χ0) is 26.9. The van der Waals surface area contributed by atoms with E-state index in [-0.39, 0.29) is 5.41 Å². The number of fused-ring (bicyclic) bond motifs is 3. The summed E-state index contributed by atoms with van der Waals surface area (Å²) in [5.74, 6) is 0. The largest absolute Gasteiger partial charge is 0.405 e. The summed E-state index contributed by atoms with van der Waals surface area (Å²) in [5.41, 5.74) is 18.5. The van der Waals surface area contributed by atoms with Crippen LogP contribution in [-0.4, -0.2) is 9.38 Å². The maximum atomic E-state index is 5.94. The van der Waals surface area contributed by atoms with Gasteiger partial charge in [-0.25, -0.2) is 4.98 Å². The molecule has 2 N–H and O–H groups in total. The maximum Gasteiger partial charge on any atom is 0.0922 e. The molecule has 0 spiro atoms. The van der Waals surface area contributed by atoms with Crippen LogP contribution in [0.4, 0.5) is 0 Å². The lowest BCUT2D eigenvalue weighted by Crippen LogP contribution is -2.22. The predicted molar refractivity (Wildman–Crippen MR) is 164 cm³/mol. The fourth-order valence-corrected chi connectivity index (χ4v) is 5.78. The topological polar surface area (TPSA) is 43.3 Å². The first-order valence-electron chi connectivity index (χ1n) is 13.6. The van der Waals surface area contributed by atoms with Gasteiger partial charge in [-0.2, -0.15) is 0 Å². The van der Waals surface area contributed by atoms with Crippen LogP contribution in [0.1, 0.15) is 62.4 Å². The first kappa shape index (κ1) is 25.5. The van der Waals surface area contributed by atoms with Crippen molar-refractivity contribution < 1.29 is 0 Å². The molecule has 0 aliphatic carbocycles. The zero-order valence-corrected chi connectivity index (χ0v) is 23.0. The second kappa shape index (κ2) is 10.3. The van der Waals surface area contributed by atoms with Crippen molar-refractivity contribution in [2.24, 2.45) is 5.73 Å². The van der Waals surface area contributed by atoms with Gasteiger partial charge in [-0.15, -0.1) is 0 Å². The summed E-state index contributed by atoms with van der Waals surface area (Å²) < 4.78 is 2.34. The Labute approximate surface area is 226 Å². The lowest BCUT2D eigenvalue weighted by molar-refractivity contribution is 0.416. The summed E-state index contributed by atoms with van der Waals surface area (Å²) in [6, 6.07) is 24.0. The average molecular weight is 500 g/mol. The van der Waals surface area contributed by atoms with Crippen molar-refractivity contribution in [3.05, 3.63) is 108 Å². The SMILES string of the molecule is C=Cc1ccc(-c2cc3c(/C=C\N)nc4c(C(C)(CC)CCC)ccc(-c5ccccc5C)c4n3c2)cc1. The third-order valence-electron chi connectivity index (χ3n) is 8.11. The first-order valence-corrected chi connectivity index (χ1v) is 13.6. The Morgan fingerprint density at radius 1 is 0.974 bits per heavy atom. The molecule has 3 aromatic carbocycles. The minimum absolute atomic E-state index is 0.0259. The van der Waals surface area contributed by atoms with Crippen molar-refractivity contribution in [3.63, 3.8) is 0 Å². The van der Waals surface area contributed by atoms with Gasteiger partial charge in [0.2, 0.25) is 0 Å². The van der Waals surface area contributed by atoms with Crippen LogP contribution in [0, 0.1) is 6.92 Å². The zero-order valence-electron chi connectivity index (χ0n) is 23.0. The molecule has 0 saturated heterocycles. The number of hydrogen-bond donors (Lipinski definition) is 1. The Balaban J connectivity index is 1.93. The van der Waals surface area contributed by atoms with E-state index in [1.165, 1.54) is 22.3 Å². The van der Waals surface area contributed by atoms with E-state index in [2.05, 4.69) is 112 Å². The molecule has 38 heavy (non-hydrogen) atoms. The molecule has 0 aliphatic rings. The number of nitrogens with two attached hydrogens (primary N) is 1. The molecule has 1 atom stereocenters. The number of nitrogens with zero attached hydrogens (tertiary/aromatic N) is 2. The van der Waals surface area contributed by atoms with Gasteiger partial charge in [-0.3, -0.25) is 0 Å². The Hall–Kier alpha value is -4.11. The molecule has 0 radical (unpaired) electrons. The summed E-state index contributed by atoms with van der Waals surface area (Å²) in [5, 5.41) is 0. The molecule has 5 aromatic rings. The first-order chi connectivity index (χ1) is 18.4. The van der Waals surface area contributed by atoms with Gasteiger partial charge in [0.15, 0.2) is 0 Å². The number of rotatable bonds is 8. The number of aryl methyl sites for hydroxylation is 1. The molecule has 1 unspecified atom stereocenters. The van der Waals surface area contributed by atoms with Gasteiger partial charge in [-0.1, -0.05) is 101 Å². The van der Waals surface area contributed by atoms with Crippen molar-refractivity contribution in [3.8, 4) is 22.3 Å². The smallest absolute Gasteiger partial charge is 0.0922 e. The molecule has 0 bridgehead atoms. The highest BCUT2D eigenvalue weighted by atomic mass is 14.9. The normalized spacial score (nSPS) is 13.4. The molecular weight excluding hydrogens is 462 g/mol. The van der Waals surface area contributed by atoms with Gasteiger partial charge in [0, 0.05) is 17.3 Å². The van der Waals surface area contributed by atoms with E-state index in [1.54, 1.807) is 6.20 Å². The Morgan fingerprint density at radius 2 is 1.74 bits per heavy atom. The van der Waals surface area contributed by atoms with Crippen LogP contribution < -0.4 is 5.73 Å². The Morgan fingerprint density at radius 3 is 2.39 bits per heavy atom. The van der Waals surface area contributed by atoms with Crippen LogP contribution in [0.5, 0.6) is 0 Å². The molecule has 2 aromatic heterocycles. The van der Waals surface area contributed by atoms with E-state index < -0.39 is 0 Å². The van der Waals surface area contributed by atoms with Crippen molar-refractivity contribution >= 4 is 28.7 Å². The van der Waals surface area contributed by atoms with Crippen LogP contribution in [0.15, 0.2) is 85.7 Å². The molecule has 2 heterocycles. The number of hydrogen-bond acceptors (Lipinski definition) is 2. The van der Waals surface area contributed by atoms with Crippen molar-refractivity contribution in [1.82, 2.24) is 9.38 Å². The molecule has 3 nitrogen and oxygen atoms in total. The lowest BCUT2D eigenvalue weighted by atomic mass is 9.75. The molecule has 0 amide bonds. The average Bonchev–Trinajstić information content (AvgIpc) is 3.39. The predicted octanol–water partition coefficient (Wildman–Crippen LogP) is 9.17. The van der Waals surface area contributed by atoms with E-state index in [1.807, 2.05) is 12.2 Å². The third-order valence-corrected chi connectivity index (χ3v) is 8.11. The Bertz CT molecular complexity index is 1650. The van der Waals surface area contributed by atoms with Crippen LogP contribution in [0.25, 0.3) is 51.0 Å². The third kappa shape index (κ3) is 4.32. The van der Waals surface area contributed by atoms with Gasteiger partial charge in [-0.05, 0) is 71.3 Å². The second-order valence-electron chi connectivity index (χ2n) is 10.5. The van der Waals surface area contributed by atoms with Gasteiger partial charge in [0.05, 0.1) is 22.2 Å². The van der Waals surface area contributed by atoms with E-state index in [0.29, 0.717) is 0 Å². The second-order valence-corrected chi connectivity index (χ2v) is 10.5. The van der Waals surface area contributed by atoms with Gasteiger partial charge in [0.1, 0.15) is 0 Å². The van der Waals surface area contributed by atoms with Crippen molar-refractivity contribution in [2.45, 2.75) is 52.4 Å². The minimum atomic E-state index is 0.0259. The highest BCUT2D eigenvalue weighted by Crippen LogP contribution is 2.41. The van der Waals surface area contributed by atoms with Crippen molar-refractivity contribution in [1.29, 1.82) is 0 Å². The van der Waals surface area contributed by atoms with E-state index in [4.69, 9.17) is 10.7 Å². The van der Waals surface area contributed by atoms with Gasteiger partial charge in [0.25, 0.3) is 0 Å². The highest BCUT2D eigenvalue weighted by molar-refractivity contribution is 5.98. The summed E-state index contributed by atoms with van der Waals surface area (Å²) in [7, 11) is 0. The van der Waals surface area contributed by atoms with Crippen molar-refractivity contribution in [2.75, 3.05) is 0 Å². The fourth-order valence-electron chi connectivity index (χ4n) is 5.78. The number of aromatic nitrogens is 2. The molecule has 0 saturated carbocycles. The number of benzene rings is 3. The molecule has 0 fully saturated rings. The Kier molecular flexibility index (Phi) is 6.94. The van der Waals surface area contributed by atoms with Crippen LogP contribution in [0.2, 0.25) is 0 Å². The fraction of sp³-hybridized carbons (Fsp3) is 0.229. The molecule has 3 heteroatoms. The standard InChI is InChI=1S/C35H37N3/c1-6-20-35(5,8-3)30-18-17-29(28-12-10-9-11-24(28)4)34-33(30)37-31(19-21-36)32-22-27(23-38(32)34)26-15-13-25(7-2)14-16-26/h7,9-19,21-23H,2,6,8,20,36H2,1,3-5H3/b21-19-. The summed E-state index contributed by atoms with van der Waals surface area (Å²) in [4.78, 5) is 5.34. The monoisotopic (exact) mass is 499 g/mol. The summed E-state index contributed by atoms with van der Waals surface area (Å²) >= 11 is 0. The summed E-state index contributed by atoms with van der Waals surface area (Å²) in [6.07, 6.45) is 10.9. The van der Waals surface area contributed by atoms with Crippen LogP contribution in [-0.2, 0) is 5.41 Å². The van der Waals surface area contributed by atoms with E-state index >= 15 is 0 Å². The molecule has 0 aliphatic heterocycles. The summed E-state index contributed by atoms with van der Waals surface area (Å²) in [6.45, 7) is 13.0.